The zero-order valence-corrected chi connectivity index (χ0v) is 12.8. The largest absolute Gasteiger partial charge is 0.389 e. The van der Waals surface area contributed by atoms with Crippen LogP contribution in [0.15, 0.2) is 41.4 Å². The van der Waals surface area contributed by atoms with Gasteiger partial charge in [-0.05, 0) is 30.7 Å². The number of aryl methyl sites for hydroxylation is 1. The smallest absolute Gasteiger partial charge is 0.288 e. The molecule has 0 aliphatic heterocycles. The van der Waals surface area contributed by atoms with Gasteiger partial charge in [0.15, 0.2) is 0 Å². The first kappa shape index (κ1) is 15.7. The zero-order chi connectivity index (χ0) is 15.4. The van der Waals surface area contributed by atoms with E-state index in [-0.39, 0.29) is 4.99 Å². The third-order valence-corrected chi connectivity index (χ3v) is 3.75. The van der Waals surface area contributed by atoms with Gasteiger partial charge >= 0.3 is 0 Å². The van der Waals surface area contributed by atoms with E-state index in [0.29, 0.717) is 33.7 Å². The van der Waals surface area contributed by atoms with Crippen molar-refractivity contribution in [1.29, 1.82) is 0 Å². The SMILES string of the molecule is Cc1ccnc(Nc2ccccc2SC(F)F)c1C(N)=S. The summed E-state index contributed by atoms with van der Waals surface area (Å²) in [7, 11) is 0. The fraction of sp³-hybridized carbons (Fsp3) is 0.143. The number of thioether (sulfide) groups is 1. The molecule has 0 amide bonds. The summed E-state index contributed by atoms with van der Waals surface area (Å²) in [6, 6.07) is 8.58. The standard InChI is InChI=1S/C14H13F2N3S2/c1-8-6-7-18-13(11(8)12(17)20)19-9-4-2-3-5-10(9)21-14(15)16/h2-7,14H,1H3,(H2,17,20)(H,18,19). The lowest BCUT2D eigenvalue weighted by Gasteiger charge is -2.14. The highest BCUT2D eigenvalue weighted by Crippen LogP contribution is 2.33. The van der Waals surface area contributed by atoms with E-state index in [0.717, 1.165) is 5.56 Å². The van der Waals surface area contributed by atoms with Crippen LogP contribution in [-0.2, 0) is 0 Å². The van der Waals surface area contributed by atoms with E-state index in [4.69, 9.17) is 18.0 Å². The molecule has 1 aromatic carbocycles. The van der Waals surface area contributed by atoms with Gasteiger partial charge in [0, 0.05) is 11.1 Å². The molecule has 1 aromatic heterocycles. The van der Waals surface area contributed by atoms with Crippen LogP contribution in [-0.4, -0.2) is 15.7 Å². The fourth-order valence-corrected chi connectivity index (χ4v) is 2.71. The molecule has 3 N–H and O–H groups in total. The van der Waals surface area contributed by atoms with Crippen molar-refractivity contribution in [1.82, 2.24) is 4.98 Å². The first-order chi connectivity index (χ1) is 9.99. The number of rotatable bonds is 5. The lowest BCUT2D eigenvalue weighted by molar-refractivity contribution is 0.252. The molecule has 0 bridgehead atoms. The van der Waals surface area contributed by atoms with Crippen molar-refractivity contribution >= 4 is 40.5 Å². The Hall–Kier alpha value is -1.73. The lowest BCUT2D eigenvalue weighted by Crippen LogP contribution is -2.15. The number of benzene rings is 1. The van der Waals surface area contributed by atoms with Crippen molar-refractivity contribution in [2.75, 3.05) is 5.32 Å². The number of anilines is 2. The monoisotopic (exact) mass is 325 g/mol. The number of para-hydroxylation sites is 1. The molecule has 0 saturated carbocycles. The van der Waals surface area contributed by atoms with Gasteiger partial charge in [-0.25, -0.2) is 4.98 Å². The quantitative estimate of drug-likeness (QED) is 0.641. The number of thiocarbonyl (C=S) groups is 1. The minimum atomic E-state index is -2.49. The molecule has 0 radical (unpaired) electrons. The van der Waals surface area contributed by atoms with Crippen molar-refractivity contribution in [2.45, 2.75) is 17.6 Å². The maximum atomic E-state index is 12.6. The van der Waals surface area contributed by atoms with E-state index in [1.54, 1.807) is 36.5 Å². The molecule has 0 fully saturated rings. The van der Waals surface area contributed by atoms with E-state index >= 15 is 0 Å². The van der Waals surface area contributed by atoms with Gasteiger partial charge in [-0.15, -0.1) is 0 Å². The number of hydrogen-bond acceptors (Lipinski definition) is 4. The molecule has 2 aromatic rings. The Morgan fingerprint density at radius 1 is 1.33 bits per heavy atom. The predicted octanol–water partition coefficient (Wildman–Crippen LogP) is 4.08. The molecule has 0 unspecified atom stereocenters. The molecule has 0 atom stereocenters. The second-order valence-corrected chi connectivity index (χ2v) is 5.69. The van der Waals surface area contributed by atoms with E-state index in [1.165, 1.54) is 0 Å². The van der Waals surface area contributed by atoms with Crippen molar-refractivity contribution in [2.24, 2.45) is 5.73 Å². The highest BCUT2D eigenvalue weighted by Gasteiger charge is 2.14. The van der Waals surface area contributed by atoms with Gasteiger partial charge in [0.1, 0.15) is 10.8 Å². The maximum absolute atomic E-state index is 12.6. The Bertz CT molecular complexity index is 662. The molecule has 7 heteroatoms. The van der Waals surface area contributed by atoms with Gasteiger partial charge in [-0.2, -0.15) is 8.78 Å². The van der Waals surface area contributed by atoms with Crippen molar-refractivity contribution in [3.63, 3.8) is 0 Å². The topological polar surface area (TPSA) is 50.9 Å². The molecular formula is C14H13F2N3S2. The number of aromatic nitrogens is 1. The summed E-state index contributed by atoms with van der Waals surface area (Å²) < 4.78 is 25.2. The molecule has 0 spiro atoms. The van der Waals surface area contributed by atoms with E-state index in [2.05, 4.69) is 10.3 Å². The zero-order valence-electron chi connectivity index (χ0n) is 11.1. The fourth-order valence-electron chi connectivity index (χ4n) is 1.86. The summed E-state index contributed by atoms with van der Waals surface area (Å²) in [4.78, 5) is 4.85. The van der Waals surface area contributed by atoms with Crippen LogP contribution in [0.1, 0.15) is 11.1 Å². The van der Waals surface area contributed by atoms with Gasteiger partial charge in [0.05, 0.1) is 11.3 Å². The minimum absolute atomic E-state index is 0.210. The number of pyridine rings is 1. The van der Waals surface area contributed by atoms with Crippen LogP contribution in [0.5, 0.6) is 0 Å². The van der Waals surface area contributed by atoms with E-state index in [9.17, 15) is 8.78 Å². The van der Waals surface area contributed by atoms with E-state index < -0.39 is 5.76 Å². The average molecular weight is 325 g/mol. The molecular weight excluding hydrogens is 312 g/mol. The third-order valence-electron chi connectivity index (χ3n) is 2.76. The maximum Gasteiger partial charge on any atom is 0.288 e. The predicted molar refractivity (Wildman–Crippen MR) is 86.4 cm³/mol. The van der Waals surface area contributed by atoms with E-state index in [1.807, 2.05) is 6.92 Å². The Morgan fingerprint density at radius 2 is 2.05 bits per heavy atom. The van der Waals surface area contributed by atoms with Crippen molar-refractivity contribution in [3.05, 3.63) is 47.7 Å². The molecule has 0 aliphatic carbocycles. The number of hydrogen-bond donors (Lipinski definition) is 2. The Morgan fingerprint density at radius 3 is 2.71 bits per heavy atom. The van der Waals surface area contributed by atoms with Crippen molar-refractivity contribution < 1.29 is 8.78 Å². The lowest BCUT2D eigenvalue weighted by atomic mass is 10.1. The summed E-state index contributed by atoms with van der Waals surface area (Å²) in [5.41, 5.74) is 7.74. The number of nitrogens with one attached hydrogen (secondary N) is 1. The molecule has 0 aliphatic rings. The van der Waals surface area contributed by atoms with Gasteiger partial charge < -0.3 is 11.1 Å². The molecule has 21 heavy (non-hydrogen) atoms. The molecule has 1 heterocycles. The number of alkyl halides is 2. The van der Waals surface area contributed by atoms with Gasteiger partial charge in [0.2, 0.25) is 0 Å². The van der Waals surface area contributed by atoms with Gasteiger partial charge in [0.25, 0.3) is 5.76 Å². The Kier molecular flexibility index (Phi) is 5.08. The average Bonchev–Trinajstić information content (AvgIpc) is 2.40. The molecule has 0 saturated heterocycles. The Balaban J connectivity index is 2.39. The number of nitrogens with two attached hydrogens (primary N) is 1. The minimum Gasteiger partial charge on any atom is -0.389 e. The summed E-state index contributed by atoms with van der Waals surface area (Å²) in [5.74, 6) is -2.03. The second-order valence-electron chi connectivity index (χ2n) is 4.22. The van der Waals surface area contributed by atoms with Crippen LogP contribution in [0.4, 0.5) is 20.3 Å². The van der Waals surface area contributed by atoms with Crippen LogP contribution in [0, 0.1) is 6.92 Å². The highest BCUT2D eigenvalue weighted by atomic mass is 32.2. The van der Waals surface area contributed by atoms with Crippen LogP contribution < -0.4 is 11.1 Å². The first-order valence-corrected chi connectivity index (χ1v) is 7.34. The van der Waals surface area contributed by atoms with Crippen LogP contribution in [0.25, 0.3) is 0 Å². The number of nitrogens with zero attached hydrogens (tertiary/aromatic N) is 1. The molecule has 110 valence electrons. The summed E-state index contributed by atoms with van der Waals surface area (Å²) in [6.07, 6.45) is 1.61. The number of halogens is 2. The summed E-state index contributed by atoms with van der Waals surface area (Å²) in [5, 5.41) is 3.04. The van der Waals surface area contributed by atoms with Gasteiger partial charge in [-0.1, -0.05) is 36.1 Å². The van der Waals surface area contributed by atoms with Crippen LogP contribution in [0.3, 0.4) is 0 Å². The first-order valence-electron chi connectivity index (χ1n) is 6.05. The van der Waals surface area contributed by atoms with Crippen molar-refractivity contribution in [3.8, 4) is 0 Å². The second kappa shape index (κ2) is 6.82. The normalized spacial score (nSPS) is 10.7. The molecule has 2 rings (SSSR count). The van der Waals surface area contributed by atoms with Gasteiger partial charge in [-0.3, -0.25) is 0 Å². The highest BCUT2D eigenvalue weighted by molar-refractivity contribution is 7.99. The summed E-state index contributed by atoms with van der Waals surface area (Å²) >= 11 is 5.50. The van der Waals surface area contributed by atoms with Crippen LogP contribution in [0.2, 0.25) is 0 Å². The Labute approximate surface area is 131 Å². The summed E-state index contributed by atoms with van der Waals surface area (Å²) in [6.45, 7) is 1.86. The van der Waals surface area contributed by atoms with Crippen LogP contribution >= 0.6 is 24.0 Å². The molecule has 3 nitrogen and oxygen atoms in total. The third kappa shape index (κ3) is 3.89.